The zero-order valence-electron chi connectivity index (χ0n) is 21.0. The highest BCUT2D eigenvalue weighted by atomic mass is 79.9. The molecule has 196 valence electrons. The van der Waals surface area contributed by atoms with Crippen LogP contribution in [0.15, 0.2) is 116 Å². The Morgan fingerprint density at radius 2 is 1.51 bits per heavy atom. The normalized spacial score (nSPS) is 15.8. The molecule has 1 fully saturated rings. The lowest BCUT2D eigenvalue weighted by atomic mass is 10.2. The Hall–Kier alpha value is -3.66. The van der Waals surface area contributed by atoms with Crippen LogP contribution >= 0.6 is 27.7 Å². The summed E-state index contributed by atoms with van der Waals surface area (Å²) >= 11 is 4.66. The minimum absolute atomic E-state index is 0.0379. The molecule has 0 radical (unpaired) electrons. The van der Waals surface area contributed by atoms with E-state index in [2.05, 4.69) is 15.9 Å². The van der Waals surface area contributed by atoms with Gasteiger partial charge in [-0.1, -0.05) is 69.5 Å². The van der Waals surface area contributed by atoms with Crippen LogP contribution in [0, 0.1) is 13.8 Å². The van der Waals surface area contributed by atoms with Gasteiger partial charge in [0, 0.05) is 10.0 Å². The molecule has 1 saturated heterocycles. The first-order valence-electron chi connectivity index (χ1n) is 11.9. The molecule has 0 saturated carbocycles. The van der Waals surface area contributed by atoms with Crippen LogP contribution in [0.3, 0.4) is 0 Å². The Labute approximate surface area is 240 Å². The third kappa shape index (κ3) is 6.16. The summed E-state index contributed by atoms with van der Waals surface area (Å²) < 4.78 is 32.1. The Balaban J connectivity index is 1.56. The number of thioether (sulfide) groups is 1. The molecule has 1 amide bonds. The molecule has 9 heteroatoms. The molecule has 0 bridgehead atoms. The van der Waals surface area contributed by atoms with Gasteiger partial charge < -0.3 is 4.18 Å². The van der Waals surface area contributed by atoms with Gasteiger partial charge in [-0.25, -0.2) is 4.99 Å². The number of carbonyl (C=O) groups excluding carboxylic acids is 1. The van der Waals surface area contributed by atoms with E-state index in [9.17, 15) is 13.2 Å². The number of halogens is 1. The number of hydrogen-bond donors (Lipinski definition) is 0. The van der Waals surface area contributed by atoms with Crippen molar-refractivity contribution in [3.05, 3.63) is 123 Å². The number of hydrogen-bond acceptors (Lipinski definition) is 6. The number of benzene rings is 4. The second kappa shape index (κ2) is 11.2. The summed E-state index contributed by atoms with van der Waals surface area (Å²) in [6.07, 6.45) is 1.63. The SMILES string of the molecule is Cc1ccc(N=C2S/C(=C\c3cc(Br)ccc3OS(=O)(=O)c3ccccc3)C(=O)N2c2ccc(C)cc2)cc1. The molecule has 0 aliphatic carbocycles. The van der Waals surface area contributed by atoms with Gasteiger partial charge in [-0.3, -0.25) is 9.69 Å². The fourth-order valence-electron chi connectivity index (χ4n) is 3.80. The van der Waals surface area contributed by atoms with Crippen molar-refractivity contribution in [1.82, 2.24) is 0 Å². The predicted molar refractivity (Wildman–Crippen MR) is 161 cm³/mol. The highest BCUT2D eigenvalue weighted by molar-refractivity contribution is 9.10. The van der Waals surface area contributed by atoms with Gasteiger partial charge in [0.25, 0.3) is 5.91 Å². The van der Waals surface area contributed by atoms with E-state index >= 15 is 0 Å². The molecule has 0 spiro atoms. The van der Waals surface area contributed by atoms with Crippen LogP contribution in [0.1, 0.15) is 16.7 Å². The average molecular weight is 620 g/mol. The van der Waals surface area contributed by atoms with Crippen molar-refractivity contribution in [2.75, 3.05) is 4.90 Å². The van der Waals surface area contributed by atoms with Crippen molar-refractivity contribution in [3.63, 3.8) is 0 Å². The van der Waals surface area contributed by atoms with Gasteiger partial charge in [0.1, 0.15) is 10.6 Å². The predicted octanol–water partition coefficient (Wildman–Crippen LogP) is 7.64. The Morgan fingerprint density at radius 3 is 2.18 bits per heavy atom. The highest BCUT2D eigenvalue weighted by Gasteiger charge is 2.35. The lowest BCUT2D eigenvalue weighted by Crippen LogP contribution is -2.28. The molecule has 4 aromatic carbocycles. The van der Waals surface area contributed by atoms with E-state index in [4.69, 9.17) is 9.18 Å². The standard InChI is InChI=1S/C30H23BrN2O4S2/c1-20-8-13-24(14-9-20)32-30-33(25-15-10-21(2)11-16-25)29(34)28(38-30)19-22-18-23(31)12-17-27(22)37-39(35,36)26-6-4-3-5-7-26/h3-19H,1-2H3/b28-19-,32-30?. The fourth-order valence-corrected chi connectivity index (χ4v) is 6.15. The topological polar surface area (TPSA) is 76.0 Å². The smallest absolute Gasteiger partial charge is 0.339 e. The van der Waals surface area contributed by atoms with Crippen LogP contribution in [0.4, 0.5) is 11.4 Å². The first-order chi connectivity index (χ1) is 18.7. The number of anilines is 1. The second-order valence-electron chi connectivity index (χ2n) is 8.85. The lowest BCUT2D eigenvalue weighted by molar-refractivity contribution is -0.113. The first kappa shape index (κ1) is 26.9. The maximum Gasteiger partial charge on any atom is 0.339 e. The number of aliphatic imine (C=N–C) groups is 1. The molecule has 0 unspecified atom stereocenters. The van der Waals surface area contributed by atoms with E-state index in [1.165, 1.54) is 23.9 Å². The van der Waals surface area contributed by atoms with Crippen molar-refractivity contribution >= 4 is 66.3 Å². The van der Waals surface area contributed by atoms with Gasteiger partial charge in [-0.15, -0.1) is 0 Å². The van der Waals surface area contributed by atoms with Crippen LogP contribution < -0.4 is 9.08 Å². The summed E-state index contributed by atoms with van der Waals surface area (Å²) in [7, 11) is -4.08. The van der Waals surface area contributed by atoms with Crippen LogP contribution in [-0.2, 0) is 14.9 Å². The Kier molecular flexibility index (Phi) is 7.74. The maximum atomic E-state index is 13.7. The molecule has 1 heterocycles. The second-order valence-corrected chi connectivity index (χ2v) is 12.3. The summed E-state index contributed by atoms with van der Waals surface area (Å²) in [4.78, 5) is 20.5. The molecule has 0 atom stereocenters. The van der Waals surface area contributed by atoms with Gasteiger partial charge in [0.2, 0.25) is 0 Å². The van der Waals surface area contributed by atoms with Gasteiger partial charge in [-0.05, 0) is 86.3 Å². The minimum Gasteiger partial charge on any atom is -0.378 e. The van der Waals surface area contributed by atoms with E-state index in [1.54, 1.807) is 47.4 Å². The number of aryl methyl sites for hydroxylation is 2. The first-order valence-corrected chi connectivity index (χ1v) is 15.0. The molecule has 0 N–H and O–H groups in total. The van der Waals surface area contributed by atoms with Gasteiger partial charge in [0.05, 0.1) is 16.3 Å². The van der Waals surface area contributed by atoms with Crippen molar-refractivity contribution in [2.45, 2.75) is 18.7 Å². The third-order valence-corrected chi connectivity index (χ3v) is 8.56. The van der Waals surface area contributed by atoms with Crippen molar-refractivity contribution in [2.24, 2.45) is 4.99 Å². The Bertz CT molecular complexity index is 1700. The monoisotopic (exact) mass is 618 g/mol. The summed E-state index contributed by atoms with van der Waals surface area (Å²) in [6.45, 7) is 3.98. The molecule has 4 aromatic rings. The summed E-state index contributed by atoms with van der Waals surface area (Å²) in [5.74, 6) is -0.166. The van der Waals surface area contributed by atoms with E-state index in [1.807, 2.05) is 62.4 Å². The zero-order chi connectivity index (χ0) is 27.6. The number of rotatable bonds is 6. The fraction of sp³-hybridized carbons (Fsp3) is 0.0667. The number of nitrogens with zero attached hydrogens (tertiary/aromatic N) is 2. The van der Waals surface area contributed by atoms with E-state index < -0.39 is 10.1 Å². The van der Waals surface area contributed by atoms with E-state index in [0.29, 0.717) is 25.8 Å². The van der Waals surface area contributed by atoms with Gasteiger partial charge >= 0.3 is 10.1 Å². The minimum atomic E-state index is -4.08. The highest BCUT2D eigenvalue weighted by Crippen LogP contribution is 2.39. The molecule has 5 rings (SSSR count). The van der Waals surface area contributed by atoms with E-state index in [0.717, 1.165) is 16.8 Å². The average Bonchev–Trinajstić information content (AvgIpc) is 3.22. The molecule has 0 aromatic heterocycles. The molecule has 39 heavy (non-hydrogen) atoms. The van der Waals surface area contributed by atoms with E-state index in [-0.39, 0.29) is 16.6 Å². The molecular formula is C30H23BrN2O4S2. The Morgan fingerprint density at radius 1 is 0.872 bits per heavy atom. The van der Waals surface area contributed by atoms with Crippen LogP contribution in [0.5, 0.6) is 5.75 Å². The quantitative estimate of drug-likeness (QED) is 0.164. The number of amides is 1. The number of amidine groups is 1. The molecule has 1 aliphatic heterocycles. The zero-order valence-corrected chi connectivity index (χ0v) is 24.3. The van der Waals surface area contributed by atoms with Crippen LogP contribution in [0.25, 0.3) is 6.08 Å². The van der Waals surface area contributed by atoms with Gasteiger partial charge in [0.15, 0.2) is 5.17 Å². The molecule has 6 nitrogen and oxygen atoms in total. The van der Waals surface area contributed by atoms with Crippen LogP contribution in [0.2, 0.25) is 0 Å². The lowest BCUT2D eigenvalue weighted by Gasteiger charge is -2.16. The van der Waals surface area contributed by atoms with Crippen molar-refractivity contribution in [1.29, 1.82) is 0 Å². The number of carbonyl (C=O) groups is 1. The summed E-state index contributed by atoms with van der Waals surface area (Å²) in [5, 5.41) is 0.494. The van der Waals surface area contributed by atoms with Crippen molar-refractivity contribution < 1.29 is 17.4 Å². The summed E-state index contributed by atoms with van der Waals surface area (Å²) in [6, 6.07) is 28.2. The van der Waals surface area contributed by atoms with Gasteiger partial charge in [-0.2, -0.15) is 8.42 Å². The molecular weight excluding hydrogens is 596 g/mol. The largest absolute Gasteiger partial charge is 0.378 e. The van der Waals surface area contributed by atoms with Crippen molar-refractivity contribution in [3.8, 4) is 5.75 Å². The van der Waals surface area contributed by atoms with Crippen LogP contribution in [-0.4, -0.2) is 19.5 Å². The summed E-state index contributed by atoms with van der Waals surface area (Å²) in [5.41, 5.74) is 4.01. The maximum absolute atomic E-state index is 13.7. The third-order valence-electron chi connectivity index (χ3n) is 5.85. The molecule has 1 aliphatic rings.